The molecule has 0 spiro atoms. The van der Waals surface area contributed by atoms with Crippen LogP contribution in [0.4, 0.5) is 0 Å². The van der Waals surface area contributed by atoms with Gasteiger partial charge in [0.05, 0.1) is 0 Å². The highest BCUT2D eigenvalue weighted by molar-refractivity contribution is 6.83. The minimum Gasteiger partial charge on any atom is -0.416 e. The molecular formula is C20H36OSi2. The highest BCUT2D eigenvalue weighted by atomic mass is 28.4. The van der Waals surface area contributed by atoms with Crippen molar-refractivity contribution < 1.29 is 4.43 Å². The van der Waals surface area contributed by atoms with E-state index in [0.717, 1.165) is 12.2 Å². The highest BCUT2D eigenvalue weighted by Crippen LogP contribution is 2.36. The van der Waals surface area contributed by atoms with E-state index >= 15 is 0 Å². The molecule has 0 N–H and O–H groups in total. The Hall–Kier alpha value is -0.826. The van der Waals surface area contributed by atoms with Crippen LogP contribution in [0.1, 0.15) is 27.7 Å². The summed E-state index contributed by atoms with van der Waals surface area (Å²) in [6.45, 7) is 25.0. The van der Waals surface area contributed by atoms with E-state index in [1.54, 1.807) is 0 Å². The van der Waals surface area contributed by atoms with E-state index in [-0.39, 0.29) is 5.04 Å². The molecule has 0 aromatic carbocycles. The van der Waals surface area contributed by atoms with Crippen LogP contribution < -0.4 is 0 Å². The molecule has 0 aliphatic rings. The third-order valence-corrected chi connectivity index (χ3v) is 9.43. The average molecular weight is 349 g/mol. The van der Waals surface area contributed by atoms with E-state index in [2.05, 4.69) is 84.5 Å². The summed E-state index contributed by atoms with van der Waals surface area (Å²) >= 11 is 0. The lowest BCUT2D eigenvalue weighted by atomic mass is 10.1. The summed E-state index contributed by atoms with van der Waals surface area (Å²) in [4.78, 5) is 0. The Morgan fingerprint density at radius 1 is 1.17 bits per heavy atom. The molecule has 0 saturated carbocycles. The Morgan fingerprint density at radius 2 is 1.74 bits per heavy atom. The Labute approximate surface area is 147 Å². The topological polar surface area (TPSA) is 9.23 Å². The van der Waals surface area contributed by atoms with Gasteiger partial charge in [-0.1, -0.05) is 72.0 Å². The summed E-state index contributed by atoms with van der Waals surface area (Å²) < 4.78 is 6.28. The van der Waals surface area contributed by atoms with E-state index in [1.165, 1.54) is 0 Å². The Morgan fingerprint density at radius 3 is 2.17 bits per heavy atom. The van der Waals surface area contributed by atoms with Crippen molar-refractivity contribution in [1.82, 2.24) is 0 Å². The average Bonchev–Trinajstić information content (AvgIpc) is 2.37. The Bertz CT molecular complexity index is 502. The van der Waals surface area contributed by atoms with Gasteiger partial charge < -0.3 is 4.43 Å². The first-order chi connectivity index (χ1) is 10.3. The summed E-state index contributed by atoms with van der Waals surface area (Å²) in [6, 6.07) is 0. The van der Waals surface area contributed by atoms with E-state index in [4.69, 9.17) is 4.43 Å². The Kier molecular flexibility index (Phi) is 8.55. The zero-order valence-electron chi connectivity index (χ0n) is 16.7. The van der Waals surface area contributed by atoms with Crippen molar-refractivity contribution in [3.05, 3.63) is 36.5 Å². The molecule has 0 aromatic heterocycles. The molecule has 1 atom stereocenters. The normalized spacial score (nSPS) is 15.3. The van der Waals surface area contributed by atoms with Gasteiger partial charge in [0, 0.05) is 6.61 Å². The lowest BCUT2D eigenvalue weighted by molar-refractivity contribution is 0.259. The smallest absolute Gasteiger partial charge is 0.192 e. The zero-order chi connectivity index (χ0) is 18.3. The zero-order valence-corrected chi connectivity index (χ0v) is 18.7. The van der Waals surface area contributed by atoms with Crippen LogP contribution in [0, 0.1) is 17.4 Å². The van der Waals surface area contributed by atoms with Crippen LogP contribution in [0.2, 0.25) is 37.8 Å². The number of allylic oxidation sites excluding steroid dienone is 4. The van der Waals surface area contributed by atoms with Gasteiger partial charge in [0.2, 0.25) is 0 Å². The third-order valence-electron chi connectivity index (χ3n) is 4.03. The van der Waals surface area contributed by atoms with E-state index in [1.807, 2.05) is 18.2 Å². The van der Waals surface area contributed by atoms with Crippen molar-refractivity contribution in [3.63, 3.8) is 0 Å². The molecule has 0 fully saturated rings. The summed E-state index contributed by atoms with van der Waals surface area (Å²) in [5.41, 5.74) is 4.45. The fourth-order valence-electron chi connectivity index (χ4n) is 1.52. The summed E-state index contributed by atoms with van der Waals surface area (Å²) in [5, 5.41) is 0.254. The van der Waals surface area contributed by atoms with Gasteiger partial charge in [-0.2, -0.15) is 0 Å². The molecule has 0 amide bonds. The molecule has 130 valence electrons. The predicted octanol–water partition coefficient (Wildman–Crippen LogP) is 6.19. The molecule has 0 radical (unpaired) electrons. The second kappa shape index (κ2) is 8.87. The maximum atomic E-state index is 6.28. The minimum absolute atomic E-state index is 0.254. The van der Waals surface area contributed by atoms with Crippen LogP contribution in [-0.2, 0) is 4.43 Å². The molecule has 1 nitrogen and oxygen atoms in total. The molecular weight excluding hydrogens is 312 g/mol. The van der Waals surface area contributed by atoms with Crippen molar-refractivity contribution in [1.29, 1.82) is 0 Å². The van der Waals surface area contributed by atoms with Crippen LogP contribution >= 0.6 is 0 Å². The molecule has 23 heavy (non-hydrogen) atoms. The monoisotopic (exact) mass is 348 g/mol. The first kappa shape index (κ1) is 22.2. The first-order valence-electron chi connectivity index (χ1n) is 8.46. The van der Waals surface area contributed by atoms with Crippen molar-refractivity contribution in [2.45, 2.75) is 65.5 Å². The fraction of sp³-hybridized carbons (Fsp3) is 0.600. The first-order valence-corrected chi connectivity index (χ1v) is 14.9. The second-order valence-electron chi connectivity index (χ2n) is 8.77. The van der Waals surface area contributed by atoms with Gasteiger partial charge in [-0.25, -0.2) is 0 Å². The standard InChI is InChI=1S/C20H36OSi2/c1-11-19(14-12-13-15-22(6,7)8)16-18(2)17-21-23(9,10)20(3,4)5/h11-12,14,16,18H,1,17H2,2-10H3/b14-12+,19-16-/t18-/m1/s1. The molecule has 3 heteroatoms. The molecule has 0 unspecified atom stereocenters. The summed E-state index contributed by atoms with van der Waals surface area (Å²) in [5.74, 6) is 3.53. The van der Waals surface area contributed by atoms with Gasteiger partial charge in [-0.3, -0.25) is 0 Å². The van der Waals surface area contributed by atoms with Crippen LogP contribution in [0.3, 0.4) is 0 Å². The molecule has 0 rings (SSSR count). The lowest BCUT2D eigenvalue weighted by Crippen LogP contribution is -2.41. The summed E-state index contributed by atoms with van der Waals surface area (Å²) in [7, 11) is -2.97. The Balaban J connectivity index is 4.77. The van der Waals surface area contributed by atoms with Gasteiger partial charge in [-0.15, -0.1) is 5.54 Å². The molecule has 0 bridgehead atoms. The van der Waals surface area contributed by atoms with Crippen LogP contribution in [0.25, 0.3) is 0 Å². The third kappa shape index (κ3) is 9.81. The number of hydrogen-bond acceptors (Lipinski definition) is 1. The lowest BCUT2D eigenvalue weighted by Gasteiger charge is -2.36. The van der Waals surface area contributed by atoms with Gasteiger partial charge >= 0.3 is 0 Å². The van der Waals surface area contributed by atoms with E-state index < -0.39 is 16.4 Å². The number of hydrogen-bond donors (Lipinski definition) is 0. The van der Waals surface area contributed by atoms with Crippen molar-refractivity contribution in [2.24, 2.45) is 5.92 Å². The SMILES string of the molecule is C=CC(=C/[C@@H](C)CO[Si](C)(C)C(C)(C)C)/C=C/C#C[Si](C)(C)C. The van der Waals surface area contributed by atoms with Gasteiger partial charge in [0.1, 0.15) is 8.07 Å². The summed E-state index contributed by atoms with van der Waals surface area (Å²) in [6.07, 6.45) is 8.08. The molecule has 0 saturated heterocycles. The van der Waals surface area contributed by atoms with Gasteiger partial charge in [0.25, 0.3) is 0 Å². The van der Waals surface area contributed by atoms with Crippen molar-refractivity contribution in [2.75, 3.05) is 6.61 Å². The molecule has 0 aromatic rings. The van der Waals surface area contributed by atoms with Gasteiger partial charge in [-0.05, 0) is 41.8 Å². The molecule has 0 heterocycles. The molecule has 0 aliphatic carbocycles. The largest absolute Gasteiger partial charge is 0.416 e. The maximum absolute atomic E-state index is 6.28. The second-order valence-corrected chi connectivity index (χ2v) is 18.3. The van der Waals surface area contributed by atoms with Crippen LogP contribution in [0.15, 0.2) is 36.5 Å². The van der Waals surface area contributed by atoms with Crippen LogP contribution in [0.5, 0.6) is 0 Å². The van der Waals surface area contributed by atoms with Crippen LogP contribution in [-0.4, -0.2) is 23.0 Å². The van der Waals surface area contributed by atoms with E-state index in [0.29, 0.717) is 5.92 Å². The van der Waals surface area contributed by atoms with Gasteiger partial charge in [0.15, 0.2) is 8.32 Å². The highest BCUT2D eigenvalue weighted by Gasteiger charge is 2.37. The van der Waals surface area contributed by atoms with Crippen molar-refractivity contribution in [3.8, 4) is 11.5 Å². The number of rotatable bonds is 6. The predicted molar refractivity (Wildman–Crippen MR) is 111 cm³/mol. The fourth-order valence-corrected chi connectivity index (χ4v) is 3.15. The van der Waals surface area contributed by atoms with E-state index in [9.17, 15) is 0 Å². The quantitative estimate of drug-likeness (QED) is 0.316. The van der Waals surface area contributed by atoms with Crippen molar-refractivity contribution >= 4 is 16.4 Å². The molecule has 0 aliphatic heterocycles. The minimum atomic E-state index is -1.67. The maximum Gasteiger partial charge on any atom is 0.192 e.